The summed E-state index contributed by atoms with van der Waals surface area (Å²) in [6.45, 7) is 2.16. The number of anilines is 1. The lowest BCUT2D eigenvalue weighted by atomic mass is 10.2. The van der Waals surface area contributed by atoms with Gasteiger partial charge in [-0.2, -0.15) is 13.2 Å². The normalized spacial score (nSPS) is 15.4. The highest BCUT2D eigenvalue weighted by atomic mass is 35.5. The van der Waals surface area contributed by atoms with Gasteiger partial charge in [0.05, 0.1) is 29.9 Å². The number of amides is 3. The number of imide groups is 1. The van der Waals surface area contributed by atoms with Crippen molar-refractivity contribution in [2.75, 3.05) is 37.6 Å². The van der Waals surface area contributed by atoms with Crippen LogP contribution >= 0.6 is 11.6 Å². The van der Waals surface area contributed by atoms with Crippen LogP contribution in [0.4, 0.5) is 23.8 Å². The maximum atomic E-state index is 12.8. The molecule has 3 heterocycles. The Labute approximate surface area is 181 Å². The topological polar surface area (TPSA) is 90.7 Å². The van der Waals surface area contributed by atoms with Gasteiger partial charge in [0.25, 0.3) is 0 Å². The second-order valence-electron chi connectivity index (χ2n) is 6.95. The number of nitrogens with one attached hydrogen (secondary N) is 2. The predicted octanol–water partition coefficient (Wildman–Crippen LogP) is 2.88. The molecule has 8 nitrogen and oxygen atoms in total. The minimum Gasteiger partial charge on any atom is -0.467 e. The SMILES string of the molecule is O=C(CN1CCCN(c2ncc(C(F)(F)F)cc2Cl)CC1)NC(=O)NCc1ccco1. The van der Waals surface area contributed by atoms with E-state index < -0.39 is 23.7 Å². The molecule has 0 aliphatic carbocycles. The highest BCUT2D eigenvalue weighted by Crippen LogP contribution is 2.33. The summed E-state index contributed by atoms with van der Waals surface area (Å²) in [6, 6.07) is 3.62. The van der Waals surface area contributed by atoms with Crippen LogP contribution in [0.15, 0.2) is 35.1 Å². The number of hydrogen-bond donors (Lipinski definition) is 2. The fourth-order valence-corrected chi connectivity index (χ4v) is 3.44. The number of halogens is 4. The standard InChI is InChI=1S/C19H21ClF3N5O3/c20-15-9-13(19(21,22)23)10-24-17(15)28-5-2-4-27(6-7-28)12-16(29)26-18(30)25-11-14-3-1-8-31-14/h1,3,8-10H,2,4-7,11-12H2,(H2,25,26,29,30). The minimum absolute atomic E-state index is 0.0101. The summed E-state index contributed by atoms with van der Waals surface area (Å²) in [7, 11) is 0. The minimum atomic E-state index is -4.51. The van der Waals surface area contributed by atoms with E-state index in [-0.39, 0.29) is 23.9 Å². The van der Waals surface area contributed by atoms with E-state index in [0.29, 0.717) is 38.4 Å². The average Bonchev–Trinajstić information content (AvgIpc) is 3.12. The molecule has 0 unspecified atom stereocenters. The molecule has 168 valence electrons. The number of rotatable bonds is 5. The van der Waals surface area contributed by atoms with E-state index in [2.05, 4.69) is 15.6 Å². The first-order valence-electron chi connectivity index (χ1n) is 9.52. The summed E-state index contributed by atoms with van der Waals surface area (Å²) < 4.78 is 43.5. The van der Waals surface area contributed by atoms with E-state index >= 15 is 0 Å². The Bertz CT molecular complexity index is 908. The Morgan fingerprint density at radius 2 is 2.03 bits per heavy atom. The van der Waals surface area contributed by atoms with Crippen LogP contribution in [0.1, 0.15) is 17.7 Å². The zero-order chi connectivity index (χ0) is 22.4. The highest BCUT2D eigenvalue weighted by Gasteiger charge is 2.32. The van der Waals surface area contributed by atoms with Crippen molar-refractivity contribution >= 4 is 29.4 Å². The smallest absolute Gasteiger partial charge is 0.417 e. The van der Waals surface area contributed by atoms with Crippen LogP contribution in [-0.4, -0.2) is 54.5 Å². The molecule has 1 saturated heterocycles. The Hall–Kier alpha value is -2.79. The van der Waals surface area contributed by atoms with Gasteiger partial charge in [-0.1, -0.05) is 11.6 Å². The third kappa shape index (κ3) is 6.59. The van der Waals surface area contributed by atoms with E-state index in [1.54, 1.807) is 17.0 Å². The first-order chi connectivity index (χ1) is 14.7. The molecule has 3 rings (SSSR count). The number of urea groups is 1. The molecule has 0 aromatic carbocycles. The monoisotopic (exact) mass is 459 g/mol. The molecule has 1 aliphatic rings. The molecule has 0 atom stereocenters. The van der Waals surface area contributed by atoms with Crippen molar-refractivity contribution < 1.29 is 27.2 Å². The van der Waals surface area contributed by atoms with Gasteiger partial charge in [0.1, 0.15) is 11.6 Å². The van der Waals surface area contributed by atoms with Gasteiger partial charge in [-0.25, -0.2) is 9.78 Å². The van der Waals surface area contributed by atoms with Gasteiger partial charge >= 0.3 is 12.2 Å². The van der Waals surface area contributed by atoms with Crippen LogP contribution in [0, 0.1) is 0 Å². The number of aromatic nitrogens is 1. The second-order valence-corrected chi connectivity index (χ2v) is 7.36. The van der Waals surface area contributed by atoms with Gasteiger partial charge in [0.2, 0.25) is 5.91 Å². The molecule has 0 saturated carbocycles. The molecular formula is C19H21ClF3N5O3. The quantitative estimate of drug-likeness (QED) is 0.714. The zero-order valence-corrected chi connectivity index (χ0v) is 17.2. The van der Waals surface area contributed by atoms with Gasteiger partial charge in [-0.15, -0.1) is 0 Å². The van der Waals surface area contributed by atoms with Crippen LogP contribution in [0.2, 0.25) is 5.02 Å². The Kier molecular flexibility index (Phi) is 7.39. The van der Waals surface area contributed by atoms with Gasteiger partial charge < -0.3 is 14.6 Å². The number of nitrogens with zero attached hydrogens (tertiary/aromatic N) is 3. The zero-order valence-electron chi connectivity index (χ0n) is 16.4. The molecular weight excluding hydrogens is 439 g/mol. The van der Waals surface area contributed by atoms with E-state index in [4.69, 9.17) is 16.0 Å². The lowest BCUT2D eigenvalue weighted by Gasteiger charge is -2.23. The van der Waals surface area contributed by atoms with Crippen LogP contribution < -0.4 is 15.5 Å². The van der Waals surface area contributed by atoms with Crippen molar-refractivity contribution in [3.05, 3.63) is 47.0 Å². The van der Waals surface area contributed by atoms with Crippen LogP contribution in [-0.2, 0) is 17.5 Å². The molecule has 0 radical (unpaired) electrons. The molecule has 2 aromatic rings. The largest absolute Gasteiger partial charge is 0.467 e. The summed E-state index contributed by atoms with van der Waals surface area (Å²) in [5, 5.41) is 4.70. The third-order valence-electron chi connectivity index (χ3n) is 4.66. The Morgan fingerprint density at radius 3 is 2.71 bits per heavy atom. The molecule has 2 N–H and O–H groups in total. The van der Waals surface area contributed by atoms with Crippen molar-refractivity contribution in [2.45, 2.75) is 19.1 Å². The lowest BCUT2D eigenvalue weighted by Crippen LogP contribution is -2.45. The molecule has 31 heavy (non-hydrogen) atoms. The molecule has 1 fully saturated rings. The highest BCUT2D eigenvalue weighted by molar-refractivity contribution is 6.33. The van der Waals surface area contributed by atoms with E-state index in [1.807, 2.05) is 4.90 Å². The number of carbonyl (C=O) groups is 2. The van der Waals surface area contributed by atoms with Crippen LogP contribution in [0.25, 0.3) is 0 Å². The van der Waals surface area contributed by atoms with Crippen LogP contribution in [0.5, 0.6) is 0 Å². The van der Waals surface area contributed by atoms with Crippen molar-refractivity contribution in [3.63, 3.8) is 0 Å². The average molecular weight is 460 g/mol. The summed E-state index contributed by atoms with van der Waals surface area (Å²) in [5.74, 6) is 0.375. The van der Waals surface area contributed by atoms with Crippen molar-refractivity contribution in [1.29, 1.82) is 0 Å². The van der Waals surface area contributed by atoms with Gasteiger partial charge in [-0.3, -0.25) is 15.0 Å². The van der Waals surface area contributed by atoms with Gasteiger partial charge in [0, 0.05) is 32.4 Å². The maximum absolute atomic E-state index is 12.8. The summed E-state index contributed by atoms with van der Waals surface area (Å²) >= 11 is 6.03. The lowest BCUT2D eigenvalue weighted by molar-refractivity contribution is -0.137. The van der Waals surface area contributed by atoms with Gasteiger partial charge in [-0.05, 0) is 24.6 Å². The number of furan rings is 1. The van der Waals surface area contributed by atoms with Crippen molar-refractivity contribution in [2.24, 2.45) is 0 Å². The molecule has 1 aliphatic heterocycles. The number of alkyl halides is 3. The fraction of sp³-hybridized carbons (Fsp3) is 0.421. The van der Waals surface area contributed by atoms with E-state index in [9.17, 15) is 22.8 Å². The molecule has 0 spiro atoms. The second kappa shape index (κ2) is 10.0. The first-order valence-corrected chi connectivity index (χ1v) is 9.90. The summed E-state index contributed by atoms with van der Waals surface area (Å²) in [6.07, 6.45) is -1.62. The van der Waals surface area contributed by atoms with Gasteiger partial charge in [0.15, 0.2) is 0 Å². The number of pyridine rings is 1. The molecule has 3 amide bonds. The molecule has 2 aromatic heterocycles. The molecule has 0 bridgehead atoms. The van der Waals surface area contributed by atoms with Crippen molar-refractivity contribution in [3.8, 4) is 0 Å². The molecule has 12 heteroatoms. The van der Waals surface area contributed by atoms with Crippen LogP contribution in [0.3, 0.4) is 0 Å². The number of hydrogen-bond acceptors (Lipinski definition) is 6. The summed E-state index contributed by atoms with van der Waals surface area (Å²) in [5.41, 5.74) is -0.903. The first kappa shape index (κ1) is 22.9. The predicted molar refractivity (Wildman–Crippen MR) is 107 cm³/mol. The number of carbonyl (C=O) groups excluding carboxylic acids is 2. The Morgan fingerprint density at radius 1 is 1.23 bits per heavy atom. The van der Waals surface area contributed by atoms with E-state index in [0.717, 1.165) is 12.3 Å². The maximum Gasteiger partial charge on any atom is 0.417 e. The fourth-order valence-electron chi connectivity index (χ4n) is 3.15. The third-order valence-corrected chi connectivity index (χ3v) is 4.94. The van der Waals surface area contributed by atoms with Crippen molar-refractivity contribution in [1.82, 2.24) is 20.5 Å². The Balaban J connectivity index is 1.48. The van der Waals surface area contributed by atoms with E-state index in [1.165, 1.54) is 6.26 Å². The summed E-state index contributed by atoms with van der Waals surface area (Å²) in [4.78, 5) is 31.5.